The molecule has 2 fully saturated rings. The van der Waals surface area contributed by atoms with Crippen LogP contribution in [0.1, 0.15) is 191 Å². The average molecular weight is 1170 g/mol. The SMILES string of the molecule is CC[C@H](C)[C@@H]([C@@H](CC(=O)N1CCC[C@H]1[C@H](OC)[C@@H](C)C(=O)N[C@H](C)[C@@H](O)c1ccccc1)OC)N(C)C(=O)[C@@H](NC(=O)[C@H](C(C)C)N(C)C(=O)CCCCCCCCCCCNc1cccc2c1C(=O)N(C1CCC(=O)NC1=O)C2=O)C(C)C. The molecular formula is C64H98N8O12. The van der Waals surface area contributed by atoms with E-state index < -0.39 is 90.0 Å². The van der Waals surface area contributed by atoms with Crippen molar-refractivity contribution in [3.05, 3.63) is 65.2 Å². The van der Waals surface area contributed by atoms with E-state index in [2.05, 4.69) is 21.3 Å². The molecule has 5 rings (SSSR count). The number of nitrogens with zero attached hydrogens (tertiary/aromatic N) is 4. The lowest BCUT2D eigenvalue weighted by molar-refractivity contribution is -0.148. The molecule has 2 saturated heterocycles. The predicted molar refractivity (Wildman–Crippen MR) is 321 cm³/mol. The highest BCUT2D eigenvalue weighted by Crippen LogP contribution is 2.34. The van der Waals surface area contributed by atoms with Gasteiger partial charge < -0.3 is 45.2 Å². The zero-order valence-corrected chi connectivity index (χ0v) is 52.1. The van der Waals surface area contributed by atoms with Crippen molar-refractivity contribution in [3.8, 4) is 0 Å². The first kappa shape index (κ1) is 68.5. The number of nitrogens with one attached hydrogen (secondary N) is 4. The Hall–Kier alpha value is -6.25. The zero-order chi connectivity index (χ0) is 61.9. The van der Waals surface area contributed by atoms with Crippen LogP contribution in [0.2, 0.25) is 0 Å². The number of anilines is 1. The molecule has 466 valence electrons. The Labute approximate surface area is 498 Å². The summed E-state index contributed by atoms with van der Waals surface area (Å²) in [7, 11) is 6.42. The van der Waals surface area contributed by atoms with Gasteiger partial charge in [-0.2, -0.15) is 0 Å². The van der Waals surface area contributed by atoms with Crippen LogP contribution in [0.5, 0.6) is 0 Å². The normalized spacial score (nSPS) is 19.4. The van der Waals surface area contributed by atoms with E-state index in [1.54, 1.807) is 68.1 Å². The Bertz CT molecular complexity index is 2560. The van der Waals surface area contributed by atoms with Gasteiger partial charge in [-0.3, -0.25) is 53.4 Å². The van der Waals surface area contributed by atoms with Crippen LogP contribution < -0.4 is 21.3 Å². The summed E-state index contributed by atoms with van der Waals surface area (Å²) < 4.78 is 12.1. The van der Waals surface area contributed by atoms with Gasteiger partial charge in [-0.05, 0) is 74.5 Å². The highest BCUT2D eigenvalue weighted by atomic mass is 16.5. The van der Waals surface area contributed by atoms with Crippen molar-refractivity contribution in [2.45, 2.75) is 213 Å². The number of unbranched alkanes of at least 4 members (excludes halogenated alkanes) is 8. The summed E-state index contributed by atoms with van der Waals surface area (Å²) in [5, 5.41) is 22.5. The molecule has 3 aliphatic rings. The number of aliphatic hydroxyl groups excluding tert-OH is 1. The summed E-state index contributed by atoms with van der Waals surface area (Å²) in [6.45, 7) is 16.1. The van der Waals surface area contributed by atoms with Crippen molar-refractivity contribution in [1.29, 1.82) is 0 Å². The van der Waals surface area contributed by atoms with E-state index in [4.69, 9.17) is 9.47 Å². The molecule has 2 aromatic carbocycles. The van der Waals surface area contributed by atoms with E-state index in [0.29, 0.717) is 56.4 Å². The molecule has 3 heterocycles. The quantitative estimate of drug-likeness (QED) is 0.0344. The molecule has 3 aliphatic heterocycles. The smallest absolute Gasteiger partial charge is 0.264 e. The van der Waals surface area contributed by atoms with Gasteiger partial charge in [-0.25, -0.2) is 0 Å². The van der Waals surface area contributed by atoms with Crippen molar-refractivity contribution < 1.29 is 57.7 Å². The number of ether oxygens (including phenoxy) is 2. The maximum absolute atomic E-state index is 14.7. The summed E-state index contributed by atoms with van der Waals surface area (Å²) in [5.74, 6) is -4.81. The molecule has 0 saturated carbocycles. The number of piperidine rings is 1. The summed E-state index contributed by atoms with van der Waals surface area (Å²) >= 11 is 0. The Morgan fingerprint density at radius 1 is 0.750 bits per heavy atom. The summed E-state index contributed by atoms with van der Waals surface area (Å²) in [4.78, 5) is 127. The maximum Gasteiger partial charge on any atom is 0.264 e. The van der Waals surface area contributed by atoms with Crippen molar-refractivity contribution in [1.82, 2.24) is 35.6 Å². The number of hydrogen-bond donors (Lipinski definition) is 5. The average Bonchev–Trinajstić information content (AvgIpc) is 2.33. The molecule has 5 N–H and O–H groups in total. The van der Waals surface area contributed by atoms with Gasteiger partial charge in [-0.15, -0.1) is 0 Å². The number of amides is 9. The van der Waals surface area contributed by atoms with E-state index in [0.717, 1.165) is 56.3 Å². The number of carbonyl (C=O) groups is 9. The molecule has 84 heavy (non-hydrogen) atoms. The number of rotatable bonds is 34. The second kappa shape index (κ2) is 32.9. The van der Waals surface area contributed by atoms with E-state index >= 15 is 0 Å². The number of hydrogen-bond acceptors (Lipinski definition) is 13. The molecule has 11 atom stereocenters. The van der Waals surface area contributed by atoms with E-state index in [1.807, 2.05) is 59.7 Å². The summed E-state index contributed by atoms with van der Waals surface area (Å²) in [6.07, 6.45) is 8.76. The van der Waals surface area contributed by atoms with Crippen molar-refractivity contribution in [3.63, 3.8) is 0 Å². The molecule has 0 spiro atoms. The first-order valence-corrected chi connectivity index (χ1v) is 30.8. The first-order chi connectivity index (χ1) is 40.0. The van der Waals surface area contributed by atoms with Gasteiger partial charge in [0.2, 0.25) is 41.4 Å². The molecular weight excluding hydrogens is 1070 g/mol. The molecule has 0 aromatic heterocycles. The molecule has 1 unspecified atom stereocenters. The minimum absolute atomic E-state index is 0.0354. The highest BCUT2D eigenvalue weighted by molar-refractivity contribution is 6.25. The zero-order valence-electron chi connectivity index (χ0n) is 52.1. The highest BCUT2D eigenvalue weighted by Gasteiger charge is 2.47. The topological polar surface area (TPSA) is 253 Å². The van der Waals surface area contributed by atoms with Crippen LogP contribution in [-0.2, 0) is 43.0 Å². The third kappa shape index (κ3) is 17.4. The van der Waals surface area contributed by atoms with E-state index in [1.165, 1.54) is 19.1 Å². The van der Waals surface area contributed by atoms with Crippen LogP contribution >= 0.6 is 0 Å². The van der Waals surface area contributed by atoms with Crippen molar-refractivity contribution in [2.24, 2.45) is 23.7 Å². The standard InChI is InChI=1S/C64H98N8O12/c1-13-41(6)56(49(83-11)38-52(75)71-37-27-32-47(71)58(84-12)42(7)59(77)66-43(8)57(76)44-28-22-21-23-29-44)70(10)64(82)54(39(2)3)68-61(79)55(40(4)5)69(9)51(74)33-24-19-17-15-14-16-18-20-25-36-65-46-31-26-30-45-53(46)63(81)72(62(45)80)48-34-35-50(73)67-60(48)78/h21-23,26,28-31,39-43,47-49,54-58,65,76H,13-20,24-25,27,32-38H2,1-12H3,(H,66,77)(H,68,79)(H,67,73,78)/t41-,42+,43+,47-,48?,49+,54-,55-,56-,57+,58+/m0/s1. The summed E-state index contributed by atoms with van der Waals surface area (Å²) in [6, 6.07) is 9.89. The van der Waals surface area contributed by atoms with Crippen LogP contribution in [0.4, 0.5) is 5.69 Å². The maximum atomic E-state index is 14.7. The monoisotopic (exact) mass is 1170 g/mol. The predicted octanol–water partition coefficient (Wildman–Crippen LogP) is 7.18. The number of fused-ring (bicyclic) bond motifs is 1. The summed E-state index contributed by atoms with van der Waals surface area (Å²) in [5.41, 5.74) is 1.74. The Kier molecular flexibility index (Phi) is 26.8. The second-order valence-corrected chi connectivity index (χ2v) is 24.2. The van der Waals surface area contributed by atoms with Gasteiger partial charge in [-0.1, -0.05) is 136 Å². The number of likely N-dealkylation sites (N-methyl/N-ethyl adjacent to an activating group) is 2. The van der Waals surface area contributed by atoms with Gasteiger partial charge in [0.15, 0.2) is 0 Å². The number of benzene rings is 2. The fourth-order valence-electron chi connectivity index (χ4n) is 12.4. The van der Waals surface area contributed by atoms with Crippen LogP contribution in [0, 0.1) is 23.7 Å². The van der Waals surface area contributed by atoms with Crippen LogP contribution in [0.25, 0.3) is 0 Å². The van der Waals surface area contributed by atoms with E-state index in [-0.39, 0.29) is 71.8 Å². The fourth-order valence-corrected chi connectivity index (χ4v) is 12.4. The fraction of sp³-hybridized carbons (Fsp3) is 0.672. The third-order valence-electron chi connectivity index (χ3n) is 17.5. The Balaban J connectivity index is 1.06. The van der Waals surface area contributed by atoms with Crippen molar-refractivity contribution >= 4 is 58.9 Å². The van der Waals surface area contributed by atoms with Crippen LogP contribution in [0.3, 0.4) is 0 Å². The van der Waals surface area contributed by atoms with Crippen molar-refractivity contribution in [2.75, 3.05) is 46.7 Å². The van der Waals surface area contributed by atoms with Gasteiger partial charge in [0.1, 0.15) is 18.1 Å². The van der Waals surface area contributed by atoms with Crippen LogP contribution in [0.15, 0.2) is 48.5 Å². The van der Waals surface area contributed by atoms with Crippen LogP contribution in [-0.4, -0.2) is 168 Å². The third-order valence-corrected chi connectivity index (χ3v) is 17.5. The van der Waals surface area contributed by atoms with E-state index in [9.17, 15) is 48.3 Å². The Morgan fingerprint density at radius 2 is 1.39 bits per heavy atom. The second-order valence-electron chi connectivity index (χ2n) is 24.2. The molecule has 0 radical (unpaired) electrons. The van der Waals surface area contributed by atoms with Gasteiger partial charge in [0, 0.05) is 59.9 Å². The molecule has 0 bridgehead atoms. The van der Waals surface area contributed by atoms with Gasteiger partial charge in [0.25, 0.3) is 11.8 Å². The number of methoxy groups -OCH3 is 2. The number of likely N-dealkylation sites (tertiary alicyclic amines) is 1. The lowest BCUT2D eigenvalue weighted by atomic mass is 9.89. The Morgan fingerprint density at radius 3 is 1.99 bits per heavy atom. The molecule has 2 aromatic rings. The lowest BCUT2D eigenvalue weighted by Crippen LogP contribution is -2.60. The molecule has 0 aliphatic carbocycles. The number of imide groups is 2. The number of aliphatic hydroxyl groups is 1. The molecule has 20 nitrogen and oxygen atoms in total. The molecule has 9 amide bonds. The molecule has 20 heteroatoms. The first-order valence-electron chi connectivity index (χ1n) is 30.8. The minimum Gasteiger partial charge on any atom is -0.386 e. The minimum atomic E-state index is -1.01. The lowest BCUT2D eigenvalue weighted by Gasteiger charge is -2.41. The largest absolute Gasteiger partial charge is 0.386 e. The van der Waals surface area contributed by atoms with Gasteiger partial charge >= 0.3 is 0 Å². The van der Waals surface area contributed by atoms with Gasteiger partial charge in [0.05, 0.1) is 59.9 Å². The number of carbonyl (C=O) groups excluding carboxylic acids is 9.